The fourth-order valence-corrected chi connectivity index (χ4v) is 2.76. The molecule has 0 fully saturated rings. The van der Waals surface area contributed by atoms with E-state index >= 15 is 0 Å². The van der Waals surface area contributed by atoms with Crippen molar-refractivity contribution in [2.24, 2.45) is 0 Å². The van der Waals surface area contributed by atoms with Crippen LogP contribution in [0.3, 0.4) is 0 Å². The summed E-state index contributed by atoms with van der Waals surface area (Å²) >= 11 is 7.59. The van der Waals surface area contributed by atoms with Gasteiger partial charge in [0.05, 0.1) is 0 Å². The zero-order valence-electron chi connectivity index (χ0n) is 10.9. The molecule has 0 aliphatic carbocycles. The number of carbonyl (C=O) groups excluding carboxylic acids is 1. The Balaban J connectivity index is 2.02. The van der Waals surface area contributed by atoms with Gasteiger partial charge in [0, 0.05) is 29.7 Å². The van der Waals surface area contributed by atoms with Gasteiger partial charge in [-0.3, -0.25) is 4.79 Å². The quantitative estimate of drug-likeness (QED) is 0.810. The molecule has 5 heteroatoms. The Hall–Kier alpha value is -1.39. The monoisotopic (exact) mass is 294 g/mol. The maximum atomic E-state index is 12.3. The Morgan fingerprint density at radius 3 is 2.89 bits per heavy atom. The average molecular weight is 295 g/mol. The molecule has 2 aromatic heterocycles. The van der Waals surface area contributed by atoms with Gasteiger partial charge in [-0.2, -0.15) is 0 Å². The van der Waals surface area contributed by atoms with Crippen LogP contribution in [-0.4, -0.2) is 29.4 Å². The normalized spacial score (nSPS) is 10.5. The summed E-state index contributed by atoms with van der Waals surface area (Å²) in [4.78, 5) is 19.3. The fraction of sp³-hybridized carbons (Fsp3) is 0.286. The van der Waals surface area contributed by atoms with E-state index in [1.807, 2.05) is 18.4 Å². The van der Waals surface area contributed by atoms with Crippen LogP contribution in [0.5, 0.6) is 0 Å². The second-order valence-electron chi connectivity index (χ2n) is 4.38. The lowest BCUT2D eigenvalue weighted by Crippen LogP contribution is -2.28. The van der Waals surface area contributed by atoms with Crippen LogP contribution in [0.15, 0.2) is 29.6 Å². The molecule has 1 amide bonds. The second-order valence-corrected chi connectivity index (χ2v) is 5.80. The SMILES string of the molecule is Cc1cc(C(=O)N(C)CCc2cccs2)cc(Cl)n1. The lowest BCUT2D eigenvalue weighted by atomic mass is 10.2. The van der Waals surface area contributed by atoms with Gasteiger partial charge in [-0.15, -0.1) is 11.3 Å². The minimum absolute atomic E-state index is 0.0241. The first-order valence-corrected chi connectivity index (χ1v) is 7.24. The van der Waals surface area contributed by atoms with Crippen molar-refractivity contribution >= 4 is 28.8 Å². The molecule has 0 aromatic carbocycles. The first-order chi connectivity index (χ1) is 9.06. The van der Waals surface area contributed by atoms with E-state index in [4.69, 9.17) is 11.6 Å². The molecule has 0 aliphatic rings. The maximum Gasteiger partial charge on any atom is 0.253 e. The third kappa shape index (κ3) is 3.78. The zero-order chi connectivity index (χ0) is 13.8. The molecule has 2 aromatic rings. The number of amides is 1. The summed E-state index contributed by atoms with van der Waals surface area (Å²) in [5, 5.41) is 2.40. The van der Waals surface area contributed by atoms with Crippen LogP contribution in [0, 0.1) is 6.92 Å². The summed E-state index contributed by atoms with van der Waals surface area (Å²) in [6, 6.07) is 7.47. The number of hydrogen-bond donors (Lipinski definition) is 0. The van der Waals surface area contributed by atoms with Crippen molar-refractivity contribution in [3.05, 3.63) is 50.9 Å². The predicted molar refractivity (Wildman–Crippen MR) is 79.0 cm³/mol. The minimum atomic E-state index is -0.0241. The number of halogens is 1. The molecule has 3 nitrogen and oxygen atoms in total. The van der Waals surface area contributed by atoms with Crippen LogP contribution in [0.1, 0.15) is 20.9 Å². The molecular weight excluding hydrogens is 280 g/mol. The van der Waals surface area contributed by atoms with E-state index in [1.165, 1.54) is 4.88 Å². The third-order valence-corrected chi connectivity index (χ3v) is 3.92. The van der Waals surface area contributed by atoms with Gasteiger partial charge in [-0.25, -0.2) is 4.98 Å². The number of aryl methyl sites for hydroxylation is 1. The van der Waals surface area contributed by atoms with Gasteiger partial charge in [0.1, 0.15) is 5.15 Å². The number of carbonyl (C=O) groups is 1. The highest BCUT2D eigenvalue weighted by molar-refractivity contribution is 7.09. The largest absolute Gasteiger partial charge is 0.341 e. The Kier molecular flexibility index (Phi) is 4.56. The number of rotatable bonds is 4. The van der Waals surface area contributed by atoms with Gasteiger partial charge in [-0.05, 0) is 36.9 Å². The molecule has 0 unspecified atom stereocenters. The Labute approximate surface area is 121 Å². The zero-order valence-corrected chi connectivity index (χ0v) is 12.5. The van der Waals surface area contributed by atoms with Crippen molar-refractivity contribution in [3.8, 4) is 0 Å². The molecule has 0 saturated carbocycles. The van der Waals surface area contributed by atoms with E-state index in [9.17, 15) is 4.79 Å². The third-order valence-electron chi connectivity index (χ3n) is 2.79. The topological polar surface area (TPSA) is 33.2 Å². The van der Waals surface area contributed by atoms with Crippen LogP contribution >= 0.6 is 22.9 Å². The molecule has 0 saturated heterocycles. The Morgan fingerprint density at radius 1 is 1.47 bits per heavy atom. The highest BCUT2D eigenvalue weighted by Crippen LogP contribution is 2.14. The van der Waals surface area contributed by atoms with Crippen molar-refractivity contribution in [2.45, 2.75) is 13.3 Å². The highest BCUT2D eigenvalue weighted by atomic mass is 35.5. The van der Waals surface area contributed by atoms with Crippen molar-refractivity contribution in [1.82, 2.24) is 9.88 Å². The number of nitrogens with zero attached hydrogens (tertiary/aromatic N) is 2. The van der Waals surface area contributed by atoms with Crippen molar-refractivity contribution in [1.29, 1.82) is 0 Å². The van der Waals surface area contributed by atoms with Gasteiger partial charge in [0.15, 0.2) is 0 Å². The summed E-state index contributed by atoms with van der Waals surface area (Å²) < 4.78 is 0. The van der Waals surface area contributed by atoms with Gasteiger partial charge >= 0.3 is 0 Å². The van der Waals surface area contributed by atoms with Gasteiger partial charge in [0.2, 0.25) is 0 Å². The lowest BCUT2D eigenvalue weighted by molar-refractivity contribution is 0.0796. The molecule has 100 valence electrons. The fourth-order valence-electron chi connectivity index (χ4n) is 1.81. The molecular formula is C14H15ClN2OS. The average Bonchev–Trinajstić information content (AvgIpc) is 2.87. The summed E-state index contributed by atoms with van der Waals surface area (Å²) in [6.45, 7) is 2.52. The van der Waals surface area contributed by atoms with Crippen LogP contribution in [0.4, 0.5) is 0 Å². The van der Waals surface area contributed by atoms with E-state index in [2.05, 4.69) is 11.1 Å². The van der Waals surface area contributed by atoms with Crippen molar-refractivity contribution in [3.63, 3.8) is 0 Å². The molecule has 0 spiro atoms. The molecule has 2 rings (SSSR count). The minimum Gasteiger partial charge on any atom is -0.341 e. The molecule has 19 heavy (non-hydrogen) atoms. The van der Waals surface area contributed by atoms with Crippen molar-refractivity contribution < 1.29 is 4.79 Å². The van der Waals surface area contributed by atoms with Crippen LogP contribution < -0.4 is 0 Å². The molecule has 0 N–H and O–H groups in total. The molecule has 0 radical (unpaired) electrons. The summed E-state index contributed by atoms with van der Waals surface area (Å²) in [5.74, 6) is -0.0241. The molecule has 0 bridgehead atoms. The molecule has 0 atom stereocenters. The van der Waals surface area contributed by atoms with Gasteiger partial charge in [-0.1, -0.05) is 17.7 Å². The standard InChI is InChI=1S/C14H15ClN2OS/c1-10-8-11(9-13(15)16-10)14(18)17(2)6-5-12-4-3-7-19-12/h3-4,7-9H,5-6H2,1-2H3. The number of likely N-dealkylation sites (N-methyl/N-ethyl adjacent to an activating group) is 1. The van der Waals surface area contributed by atoms with Gasteiger partial charge < -0.3 is 4.90 Å². The van der Waals surface area contributed by atoms with E-state index < -0.39 is 0 Å². The highest BCUT2D eigenvalue weighted by Gasteiger charge is 2.13. The van der Waals surface area contributed by atoms with Gasteiger partial charge in [0.25, 0.3) is 5.91 Å². The number of hydrogen-bond acceptors (Lipinski definition) is 3. The van der Waals surface area contributed by atoms with E-state index in [0.717, 1.165) is 12.1 Å². The maximum absolute atomic E-state index is 12.3. The summed E-state index contributed by atoms with van der Waals surface area (Å²) in [6.07, 6.45) is 0.873. The van der Waals surface area contributed by atoms with E-state index in [-0.39, 0.29) is 5.91 Å². The summed E-state index contributed by atoms with van der Waals surface area (Å²) in [5.41, 5.74) is 1.34. The molecule has 2 heterocycles. The predicted octanol–water partition coefficient (Wildman–Crippen LogP) is 3.42. The van der Waals surface area contributed by atoms with E-state index in [0.29, 0.717) is 17.3 Å². The second kappa shape index (κ2) is 6.17. The number of pyridine rings is 1. The van der Waals surface area contributed by atoms with Crippen LogP contribution in [0.2, 0.25) is 5.15 Å². The molecule has 0 aliphatic heterocycles. The first-order valence-electron chi connectivity index (χ1n) is 5.98. The smallest absolute Gasteiger partial charge is 0.253 e. The first kappa shape index (κ1) is 14.0. The summed E-state index contributed by atoms with van der Waals surface area (Å²) in [7, 11) is 1.81. The van der Waals surface area contributed by atoms with E-state index in [1.54, 1.807) is 35.4 Å². The van der Waals surface area contributed by atoms with Crippen molar-refractivity contribution in [2.75, 3.05) is 13.6 Å². The van der Waals surface area contributed by atoms with Crippen LogP contribution in [0.25, 0.3) is 0 Å². The van der Waals surface area contributed by atoms with Crippen LogP contribution in [-0.2, 0) is 6.42 Å². The lowest BCUT2D eigenvalue weighted by Gasteiger charge is -2.17. The number of aromatic nitrogens is 1. The Morgan fingerprint density at radius 2 is 2.26 bits per heavy atom. The number of thiophene rings is 1. The Bertz CT molecular complexity index is 549.